The SMILES string of the molecule is NC(=NCCCc1ncn[nH]1)C1CC1. The molecule has 0 saturated heterocycles. The smallest absolute Gasteiger partial charge is 0.137 e. The highest BCUT2D eigenvalue weighted by Gasteiger charge is 2.24. The van der Waals surface area contributed by atoms with E-state index < -0.39 is 0 Å². The van der Waals surface area contributed by atoms with E-state index in [1.54, 1.807) is 0 Å². The summed E-state index contributed by atoms with van der Waals surface area (Å²) in [6, 6.07) is 0. The fourth-order valence-electron chi connectivity index (χ4n) is 1.31. The Kier molecular flexibility index (Phi) is 2.76. The summed E-state index contributed by atoms with van der Waals surface area (Å²) in [4.78, 5) is 8.35. The number of aliphatic imine (C=N–C) groups is 1. The number of aryl methyl sites for hydroxylation is 1. The van der Waals surface area contributed by atoms with Crippen molar-refractivity contribution in [2.45, 2.75) is 25.7 Å². The standard InChI is InChI=1S/C9H15N5/c10-9(7-3-4-7)11-5-1-2-8-12-6-13-14-8/h6-7H,1-5H2,(H2,10,11)(H,12,13,14). The van der Waals surface area contributed by atoms with Gasteiger partial charge in [0, 0.05) is 18.9 Å². The van der Waals surface area contributed by atoms with E-state index in [2.05, 4.69) is 20.2 Å². The van der Waals surface area contributed by atoms with E-state index in [9.17, 15) is 0 Å². The highest BCUT2D eigenvalue weighted by atomic mass is 15.2. The van der Waals surface area contributed by atoms with E-state index in [1.807, 2.05) is 0 Å². The molecule has 3 N–H and O–H groups in total. The predicted molar refractivity (Wildman–Crippen MR) is 53.9 cm³/mol. The summed E-state index contributed by atoms with van der Waals surface area (Å²) < 4.78 is 0. The van der Waals surface area contributed by atoms with Crippen molar-refractivity contribution in [2.24, 2.45) is 16.6 Å². The summed E-state index contributed by atoms with van der Waals surface area (Å²) in [5.74, 6) is 2.34. The van der Waals surface area contributed by atoms with Gasteiger partial charge in [-0.1, -0.05) is 0 Å². The summed E-state index contributed by atoms with van der Waals surface area (Å²) in [7, 11) is 0. The lowest BCUT2D eigenvalue weighted by atomic mass is 10.3. The number of amidine groups is 1. The molecule has 0 amide bonds. The first kappa shape index (κ1) is 9.18. The van der Waals surface area contributed by atoms with Crippen LogP contribution in [0.5, 0.6) is 0 Å². The molecule has 1 aromatic heterocycles. The van der Waals surface area contributed by atoms with Gasteiger partial charge in [0.15, 0.2) is 0 Å². The van der Waals surface area contributed by atoms with Crippen LogP contribution in [-0.4, -0.2) is 27.6 Å². The Morgan fingerprint density at radius 1 is 1.64 bits per heavy atom. The van der Waals surface area contributed by atoms with Gasteiger partial charge < -0.3 is 5.73 Å². The van der Waals surface area contributed by atoms with Gasteiger partial charge >= 0.3 is 0 Å². The second-order valence-corrected chi connectivity index (χ2v) is 3.62. The number of hydrogen-bond donors (Lipinski definition) is 2. The minimum atomic E-state index is 0.584. The zero-order chi connectivity index (χ0) is 9.80. The molecule has 5 heteroatoms. The zero-order valence-electron chi connectivity index (χ0n) is 8.11. The minimum absolute atomic E-state index is 0.584. The molecule has 76 valence electrons. The third-order valence-electron chi connectivity index (χ3n) is 2.33. The molecule has 1 saturated carbocycles. The van der Waals surface area contributed by atoms with E-state index in [4.69, 9.17) is 5.73 Å². The maximum Gasteiger partial charge on any atom is 0.137 e. The van der Waals surface area contributed by atoms with Crippen molar-refractivity contribution in [3.05, 3.63) is 12.2 Å². The number of nitrogens with one attached hydrogen (secondary N) is 1. The van der Waals surface area contributed by atoms with Crippen LogP contribution < -0.4 is 5.73 Å². The van der Waals surface area contributed by atoms with Crippen molar-refractivity contribution in [2.75, 3.05) is 6.54 Å². The second kappa shape index (κ2) is 4.21. The van der Waals surface area contributed by atoms with Gasteiger partial charge in [0.05, 0.1) is 5.84 Å². The molecule has 0 aromatic carbocycles. The number of nitrogens with two attached hydrogens (primary N) is 1. The van der Waals surface area contributed by atoms with Gasteiger partial charge in [-0.05, 0) is 19.3 Å². The Labute approximate surface area is 82.8 Å². The quantitative estimate of drug-likeness (QED) is 0.406. The van der Waals surface area contributed by atoms with Crippen molar-refractivity contribution in [1.29, 1.82) is 0 Å². The summed E-state index contributed by atoms with van der Waals surface area (Å²) in [5.41, 5.74) is 5.75. The first-order valence-corrected chi connectivity index (χ1v) is 5.00. The third-order valence-corrected chi connectivity index (χ3v) is 2.33. The van der Waals surface area contributed by atoms with Crippen molar-refractivity contribution >= 4 is 5.84 Å². The molecule has 0 aliphatic heterocycles. The van der Waals surface area contributed by atoms with Crippen LogP contribution >= 0.6 is 0 Å². The van der Waals surface area contributed by atoms with E-state index in [0.717, 1.165) is 31.0 Å². The van der Waals surface area contributed by atoms with Gasteiger partial charge in [0.1, 0.15) is 12.2 Å². The Morgan fingerprint density at radius 2 is 2.50 bits per heavy atom. The highest BCUT2D eigenvalue weighted by molar-refractivity contribution is 5.84. The lowest BCUT2D eigenvalue weighted by molar-refractivity contribution is 0.782. The van der Waals surface area contributed by atoms with Crippen LogP contribution in [0.4, 0.5) is 0 Å². The fraction of sp³-hybridized carbons (Fsp3) is 0.667. The summed E-state index contributed by atoms with van der Waals surface area (Å²) in [6.07, 6.45) is 5.83. The van der Waals surface area contributed by atoms with Gasteiger partial charge in [-0.25, -0.2) is 4.98 Å². The molecule has 0 unspecified atom stereocenters. The average molecular weight is 193 g/mol. The Hall–Kier alpha value is -1.39. The summed E-state index contributed by atoms with van der Waals surface area (Å²) in [5, 5.41) is 6.60. The van der Waals surface area contributed by atoms with Crippen LogP contribution in [0.1, 0.15) is 25.1 Å². The molecule has 1 aliphatic carbocycles. The molecule has 0 bridgehead atoms. The maximum atomic E-state index is 5.75. The molecule has 1 fully saturated rings. The Morgan fingerprint density at radius 3 is 3.14 bits per heavy atom. The normalized spacial score (nSPS) is 17.3. The van der Waals surface area contributed by atoms with Crippen molar-refractivity contribution in [3.63, 3.8) is 0 Å². The molecular formula is C9H15N5. The first-order chi connectivity index (χ1) is 6.86. The van der Waals surface area contributed by atoms with E-state index in [0.29, 0.717) is 5.92 Å². The number of aromatic nitrogens is 3. The third kappa shape index (κ3) is 2.55. The summed E-state index contributed by atoms with van der Waals surface area (Å²) in [6.45, 7) is 0.795. The maximum absolute atomic E-state index is 5.75. The largest absolute Gasteiger partial charge is 0.387 e. The number of nitrogens with zero attached hydrogens (tertiary/aromatic N) is 3. The van der Waals surface area contributed by atoms with Gasteiger partial charge in [-0.3, -0.25) is 10.1 Å². The van der Waals surface area contributed by atoms with Crippen molar-refractivity contribution in [3.8, 4) is 0 Å². The number of H-pyrrole nitrogens is 1. The summed E-state index contributed by atoms with van der Waals surface area (Å²) >= 11 is 0. The molecule has 14 heavy (non-hydrogen) atoms. The lowest BCUT2D eigenvalue weighted by Crippen LogP contribution is -2.14. The number of aromatic amines is 1. The molecule has 1 aliphatic rings. The molecule has 1 aromatic rings. The topological polar surface area (TPSA) is 79.9 Å². The predicted octanol–water partition coefficient (Wildman–Crippen LogP) is 0.504. The van der Waals surface area contributed by atoms with Crippen molar-refractivity contribution < 1.29 is 0 Å². The molecule has 5 nitrogen and oxygen atoms in total. The van der Waals surface area contributed by atoms with Gasteiger partial charge in [0.25, 0.3) is 0 Å². The van der Waals surface area contributed by atoms with Gasteiger partial charge in [0.2, 0.25) is 0 Å². The van der Waals surface area contributed by atoms with E-state index >= 15 is 0 Å². The Balaban J connectivity index is 1.65. The Bertz CT molecular complexity index is 299. The monoisotopic (exact) mass is 193 g/mol. The minimum Gasteiger partial charge on any atom is -0.387 e. The molecule has 1 heterocycles. The molecular weight excluding hydrogens is 178 g/mol. The van der Waals surface area contributed by atoms with Crippen LogP contribution in [-0.2, 0) is 6.42 Å². The van der Waals surface area contributed by atoms with Crippen LogP contribution in [0, 0.1) is 5.92 Å². The fourth-order valence-corrected chi connectivity index (χ4v) is 1.31. The zero-order valence-corrected chi connectivity index (χ0v) is 8.11. The van der Waals surface area contributed by atoms with Crippen molar-refractivity contribution in [1.82, 2.24) is 15.2 Å². The van der Waals surface area contributed by atoms with E-state index in [1.165, 1.54) is 19.2 Å². The van der Waals surface area contributed by atoms with Crippen LogP contribution in [0.25, 0.3) is 0 Å². The van der Waals surface area contributed by atoms with Crippen LogP contribution in [0.3, 0.4) is 0 Å². The second-order valence-electron chi connectivity index (χ2n) is 3.62. The lowest BCUT2D eigenvalue weighted by Gasteiger charge is -1.97. The highest BCUT2D eigenvalue weighted by Crippen LogP contribution is 2.28. The van der Waals surface area contributed by atoms with Gasteiger partial charge in [-0.15, -0.1) is 0 Å². The number of rotatable bonds is 5. The molecule has 0 spiro atoms. The first-order valence-electron chi connectivity index (χ1n) is 5.00. The molecule has 0 radical (unpaired) electrons. The van der Waals surface area contributed by atoms with Crippen LogP contribution in [0.2, 0.25) is 0 Å². The number of hydrogen-bond acceptors (Lipinski definition) is 3. The van der Waals surface area contributed by atoms with Gasteiger partial charge in [-0.2, -0.15) is 5.10 Å². The average Bonchev–Trinajstić information content (AvgIpc) is 2.92. The molecule has 0 atom stereocenters. The van der Waals surface area contributed by atoms with Crippen LogP contribution in [0.15, 0.2) is 11.3 Å². The molecule has 2 rings (SSSR count). The van der Waals surface area contributed by atoms with E-state index in [-0.39, 0.29) is 0 Å².